The van der Waals surface area contributed by atoms with Crippen LogP contribution in [-0.2, 0) is 18.3 Å². The first-order chi connectivity index (χ1) is 8.29. The first-order valence-electron chi connectivity index (χ1n) is 4.43. The van der Waals surface area contributed by atoms with Crippen LogP contribution in [0.4, 0.5) is 35.4 Å². The van der Waals surface area contributed by atoms with Gasteiger partial charge in [-0.15, -0.1) is 0 Å². The molecule has 2 aromatic rings. The maximum absolute atomic E-state index is 13.5. The van der Waals surface area contributed by atoms with Gasteiger partial charge in [-0.1, -0.05) is 0 Å². The molecule has 0 aliphatic carbocycles. The molecule has 2 rings (SSSR count). The van der Waals surface area contributed by atoms with Gasteiger partial charge in [0.15, 0.2) is 0 Å². The van der Waals surface area contributed by atoms with Crippen LogP contribution < -0.4 is 4.16 Å². The zero-order valence-corrected chi connectivity index (χ0v) is 11.7. The quantitative estimate of drug-likeness (QED) is 0.300. The van der Waals surface area contributed by atoms with Gasteiger partial charge in [0.25, 0.3) is 0 Å². The van der Waals surface area contributed by atoms with Crippen LogP contribution in [0.5, 0.6) is 0 Å². The van der Waals surface area contributed by atoms with Gasteiger partial charge in [0.05, 0.1) is 0 Å². The van der Waals surface area contributed by atoms with Gasteiger partial charge >= 0.3 is 105 Å². The van der Waals surface area contributed by atoms with Gasteiger partial charge in [0.2, 0.25) is 0 Å². The van der Waals surface area contributed by atoms with Gasteiger partial charge in [0, 0.05) is 0 Å². The second-order valence-electron chi connectivity index (χ2n) is 3.43. The van der Waals surface area contributed by atoms with E-state index in [9.17, 15) is 30.7 Å². The van der Waals surface area contributed by atoms with E-state index in [2.05, 4.69) is 0 Å². The molecule has 9 heteroatoms. The topological polar surface area (TPSA) is 0 Å². The summed E-state index contributed by atoms with van der Waals surface area (Å²) in [6, 6.07) is 0. The Morgan fingerprint density at radius 3 is 1.21 bits per heavy atom. The summed E-state index contributed by atoms with van der Waals surface area (Å²) in [7, 11) is 0. The second-order valence-corrected chi connectivity index (χ2v) is 4.91. The molecule has 19 heavy (non-hydrogen) atoms. The van der Waals surface area contributed by atoms with Crippen molar-refractivity contribution in [3.63, 3.8) is 0 Å². The van der Waals surface area contributed by atoms with Gasteiger partial charge in [-0.05, 0) is 0 Å². The van der Waals surface area contributed by atoms with Gasteiger partial charge in [-0.2, -0.15) is 0 Å². The van der Waals surface area contributed by atoms with Crippen LogP contribution >= 0.6 is 0 Å². The van der Waals surface area contributed by atoms with Crippen LogP contribution in [0.15, 0.2) is 0 Å². The van der Waals surface area contributed by atoms with Crippen LogP contribution in [0, 0.1) is 40.7 Å². The number of hydrogen-bond acceptors (Lipinski definition) is 0. The normalized spacial score (nSPS) is 10.8. The summed E-state index contributed by atoms with van der Waals surface area (Å²) in [5.74, 6) is -14.2. The van der Waals surface area contributed by atoms with E-state index in [1.54, 1.807) is 0 Å². The molecule has 0 bridgehead atoms. The summed E-state index contributed by atoms with van der Waals surface area (Å²) in [5.41, 5.74) is 0. The number of benzene rings is 2. The molecule has 0 aromatic heterocycles. The van der Waals surface area contributed by atoms with E-state index in [4.69, 9.17) is 0 Å². The summed E-state index contributed by atoms with van der Waals surface area (Å²) in [6.07, 6.45) is 0. The third-order valence-corrected chi connectivity index (χ3v) is 3.73. The van der Waals surface area contributed by atoms with Crippen LogP contribution in [0.3, 0.4) is 0 Å². The number of hydrogen-bond donors (Lipinski definition) is 0. The molecule has 0 aliphatic heterocycles. The SMILES string of the molecule is F.Fc1c(F)c(F)c2c(F)[c]([Zn])c(F)c(F)c2c1F. The molecule has 0 spiro atoms. The molecular weight excluding hydrogens is 337 g/mol. The van der Waals surface area contributed by atoms with Crippen LogP contribution in [-0.4, -0.2) is 0 Å². The first kappa shape index (κ1) is 15.8. The Hall–Kier alpha value is -1.24. The van der Waals surface area contributed by atoms with Crippen molar-refractivity contribution in [2.24, 2.45) is 0 Å². The minimum atomic E-state index is -2.32. The van der Waals surface area contributed by atoms with E-state index in [-0.39, 0.29) is 23.0 Å². The fraction of sp³-hybridized carbons (Fsp3) is 0. The van der Waals surface area contributed by atoms with Crippen molar-refractivity contribution in [3.8, 4) is 0 Å². The molecule has 0 unspecified atom stereocenters. The third-order valence-electron chi connectivity index (χ3n) is 2.43. The molecule has 0 atom stereocenters. The molecule has 0 heterocycles. The summed E-state index contributed by atoms with van der Waals surface area (Å²) >= 11 is -0.245. The predicted molar refractivity (Wildman–Crippen MR) is 45.8 cm³/mol. The summed E-state index contributed by atoms with van der Waals surface area (Å²) in [6.45, 7) is 0. The summed E-state index contributed by atoms with van der Waals surface area (Å²) < 4.78 is 91.6. The Balaban J connectivity index is 0.00000180. The van der Waals surface area contributed by atoms with E-state index in [1.807, 2.05) is 0 Å². The Labute approximate surface area is 110 Å². The van der Waals surface area contributed by atoms with Crippen molar-refractivity contribution in [3.05, 3.63) is 40.7 Å². The fourth-order valence-electron chi connectivity index (χ4n) is 1.53. The van der Waals surface area contributed by atoms with Crippen molar-refractivity contribution in [1.82, 2.24) is 0 Å². The number of fused-ring (bicyclic) bond motifs is 1. The van der Waals surface area contributed by atoms with Crippen LogP contribution in [0.2, 0.25) is 0 Å². The Kier molecular flexibility index (Phi) is 4.19. The molecule has 0 nitrogen and oxygen atoms in total. The van der Waals surface area contributed by atoms with Crippen LogP contribution in [0.1, 0.15) is 0 Å². The van der Waals surface area contributed by atoms with Gasteiger partial charge < -0.3 is 0 Å². The monoisotopic (exact) mass is 337 g/mol. The molecule has 0 amide bonds. The van der Waals surface area contributed by atoms with E-state index < -0.39 is 55.7 Å². The molecule has 99 valence electrons. The van der Waals surface area contributed by atoms with E-state index in [1.165, 1.54) is 0 Å². The van der Waals surface area contributed by atoms with E-state index >= 15 is 0 Å². The molecular formula is C10HF8Zn. The second kappa shape index (κ2) is 5.03. The Morgan fingerprint density at radius 1 is 0.474 bits per heavy atom. The summed E-state index contributed by atoms with van der Waals surface area (Å²) in [5, 5.41) is -3.00. The maximum atomic E-state index is 13.5. The number of rotatable bonds is 0. The van der Waals surface area contributed by atoms with Gasteiger partial charge in [-0.25, -0.2) is 0 Å². The first-order valence-corrected chi connectivity index (χ1v) is 5.91. The zero-order valence-electron chi connectivity index (χ0n) is 8.76. The Bertz CT molecular complexity index is 569. The molecule has 0 saturated heterocycles. The van der Waals surface area contributed by atoms with E-state index in [0.29, 0.717) is 0 Å². The van der Waals surface area contributed by atoms with Crippen molar-refractivity contribution in [2.75, 3.05) is 0 Å². The third kappa shape index (κ3) is 2.00. The average Bonchev–Trinajstić information content (AvgIpc) is 2.35. The van der Waals surface area contributed by atoms with Crippen molar-refractivity contribution < 1.29 is 53.7 Å². The zero-order chi connectivity index (χ0) is 13.8. The minimum absolute atomic E-state index is 0. The standard InChI is InChI=1S/C10F7.FH.Zn/c11-2-1-3(12)6(13)5-4(2)7(14)9(16)10(17)8(5)15;;/h;1H;. The number of halogens is 8. The Morgan fingerprint density at radius 2 is 0.789 bits per heavy atom. The van der Waals surface area contributed by atoms with Crippen molar-refractivity contribution in [1.29, 1.82) is 0 Å². The molecule has 0 N–H and O–H groups in total. The predicted octanol–water partition coefficient (Wildman–Crippen LogP) is 3.14. The van der Waals surface area contributed by atoms with Gasteiger partial charge in [-0.3, -0.25) is 4.70 Å². The van der Waals surface area contributed by atoms with Crippen molar-refractivity contribution >= 4 is 14.9 Å². The van der Waals surface area contributed by atoms with Crippen molar-refractivity contribution in [2.45, 2.75) is 0 Å². The molecule has 2 aromatic carbocycles. The van der Waals surface area contributed by atoms with E-state index in [0.717, 1.165) is 0 Å². The molecule has 0 saturated carbocycles. The molecule has 0 fully saturated rings. The van der Waals surface area contributed by atoms with Crippen LogP contribution in [0.25, 0.3) is 10.8 Å². The summed E-state index contributed by atoms with van der Waals surface area (Å²) in [4.78, 5) is 0. The molecule has 0 radical (unpaired) electrons. The molecule has 0 aliphatic rings. The fourth-order valence-corrected chi connectivity index (χ4v) is 2.23. The average molecular weight is 338 g/mol. The van der Waals surface area contributed by atoms with Gasteiger partial charge in [0.1, 0.15) is 0 Å².